The minimum absolute atomic E-state index is 0.139. The van der Waals surface area contributed by atoms with Crippen molar-refractivity contribution in [1.29, 1.82) is 0 Å². The van der Waals surface area contributed by atoms with E-state index in [9.17, 15) is 18.6 Å². The highest BCUT2D eigenvalue weighted by molar-refractivity contribution is 7.91. The number of para-hydroxylation sites is 1. The van der Waals surface area contributed by atoms with E-state index in [4.69, 9.17) is 4.98 Å². The molecule has 0 aliphatic carbocycles. The van der Waals surface area contributed by atoms with Gasteiger partial charge >= 0.3 is 0 Å². The number of aromatic nitrogens is 2. The Morgan fingerprint density at radius 1 is 1.09 bits per heavy atom. The van der Waals surface area contributed by atoms with Crippen LogP contribution in [0.4, 0.5) is 5.82 Å². The van der Waals surface area contributed by atoms with Gasteiger partial charge in [0.2, 0.25) is 0 Å². The van der Waals surface area contributed by atoms with Crippen LogP contribution in [0, 0.1) is 6.92 Å². The summed E-state index contributed by atoms with van der Waals surface area (Å²) < 4.78 is 24.0. The lowest BCUT2D eigenvalue weighted by Crippen LogP contribution is -2.44. The lowest BCUT2D eigenvalue weighted by atomic mass is 10.1. The number of aliphatic hydroxyl groups excluding tert-OH is 2. The van der Waals surface area contributed by atoms with Crippen molar-refractivity contribution in [2.24, 2.45) is 0 Å². The van der Waals surface area contributed by atoms with Crippen molar-refractivity contribution in [2.75, 3.05) is 30.0 Å². The topological polar surface area (TPSA) is 116 Å². The third-order valence-corrected chi connectivity index (χ3v) is 7.42. The number of rotatable bonds is 8. The minimum atomic E-state index is -3.31. The number of hydrogen-bond donors (Lipinski definition) is 3. The molecule has 4 rings (SSSR count). The zero-order valence-electron chi connectivity index (χ0n) is 18.0. The van der Waals surface area contributed by atoms with Crippen LogP contribution in [0.15, 0.2) is 48.5 Å². The van der Waals surface area contributed by atoms with E-state index in [1.54, 1.807) is 4.90 Å². The van der Waals surface area contributed by atoms with Crippen molar-refractivity contribution in [3.8, 4) is 0 Å². The number of fused-ring (bicyclic) bond motifs is 1. The molecule has 3 aromatic rings. The van der Waals surface area contributed by atoms with Gasteiger partial charge in [0.1, 0.15) is 11.6 Å². The van der Waals surface area contributed by atoms with Gasteiger partial charge < -0.3 is 15.5 Å². The van der Waals surface area contributed by atoms with Crippen molar-refractivity contribution in [2.45, 2.75) is 32.2 Å². The molecule has 0 radical (unpaired) electrons. The molecule has 1 aliphatic heterocycles. The van der Waals surface area contributed by atoms with Gasteiger partial charge in [-0.2, -0.15) is 0 Å². The molecule has 9 heteroatoms. The molecular formula is C23H28N4O4S. The first kappa shape index (κ1) is 22.6. The third kappa shape index (κ3) is 5.24. The summed E-state index contributed by atoms with van der Waals surface area (Å²) in [5.41, 5.74) is 3.09. The fourth-order valence-corrected chi connectivity index (χ4v) is 5.89. The largest absolute Gasteiger partial charge is 0.395 e. The lowest BCUT2D eigenvalue weighted by molar-refractivity contribution is 0.0640. The standard InChI is InChI=1S/C23H28N4O4S/c1-16-6-8-17(9-7-16)12-24-23-18-4-2-3-5-19(18)25-22(26-23)13-27(10-11-28)20-14-32(30,31)15-21(20)29/h2-9,20-21,28-29H,10-15H2,1H3,(H,24,25,26). The van der Waals surface area contributed by atoms with E-state index >= 15 is 0 Å². The van der Waals surface area contributed by atoms with E-state index < -0.39 is 22.0 Å². The molecule has 0 spiro atoms. The fourth-order valence-electron chi connectivity index (χ4n) is 4.05. The van der Waals surface area contributed by atoms with Gasteiger partial charge in [-0.1, -0.05) is 42.0 Å². The second-order valence-corrected chi connectivity index (χ2v) is 10.4. The van der Waals surface area contributed by atoms with Crippen molar-refractivity contribution < 1.29 is 18.6 Å². The first-order chi connectivity index (χ1) is 15.3. The Balaban J connectivity index is 1.61. The average molecular weight is 457 g/mol. The van der Waals surface area contributed by atoms with E-state index in [-0.39, 0.29) is 31.2 Å². The molecule has 3 N–H and O–H groups in total. The van der Waals surface area contributed by atoms with Gasteiger partial charge in [0.15, 0.2) is 9.84 Å². The Morgan fingerprint density at radius 2 is 1.84 bits per heavy atom. The quantitative estimate of drug-likeness (QED) is 0.467. The van der Waals surface area contributed by atoms with Crippen molar-refractivity contribution in [1.82, 2.24) is 14.9 Å². The maximum absolute atomic E-state index is 12.0. The second kappa shape index (κ2) is 9.50. The first-order valence-electron chi connectivity index (χ1n) is 10.6. The highest BCUT2D eigenvalue weighted by Crippen LogP contribution is 2.24. The van der Waals surface area contributed by atoms with Gasteiger partial charge in [0.05, 0.1) is 42.3 Å². The van der Waals surface area contributed by atoms with E-state index in [2.05, 4.69) is 34.6 Å². The molecule has 8 nitrogen and oxygen atoms in total. The van der Waals surface area contributed by atoms with Gasteiger partial charge in [-0.05, 0) is 24.6 Å². The molecule has 1 aliphatic rings. The molecule has 0 bridgehead atoms. The second-order valence-electron chi connectivity index (χ2n) is 8.25. The molecule has 2 aromatic carbocycles. The zero-order chi connectivity index (χ0) is 22.7. The lowest BCUT2D eigenvalue weighted by Gasteiger charge is -2.29. The summed E-state index contributed by atoms with van der Waals surface area (Å²) in [5.74, 6) is 0.789. The average Bonchev–Trinajstić information content (AvgIpc) is 3.05. The molecule has 2 unspecified atom stereocenters. The van der Waals surface area contributed by atoms with E-state index in [1.807, 2.05) is 31.2 Å². The molecule has 1 aromatic heterocycles. The van der Waals surface area contributed by atoms with Crippen LogP contribution in [0.5, 0.6) is 0 Å². The van der Waals surface area contributed by atoms with Gasteiger partial charge in [0.25, 0.3) is 0 Å². The molecule has 0 saturated carbocycles. The predicted molar refractivity (Wildman–Crippen MR) is 124 cm³/mol. The number of benzene rings is 2. The normalized spacial score (nSPS) is 20.1. The molecule has 32 heavy (non-hydrogen) atoms. The van der Waals surface area contributed by atoms with Gasteiger partial charge in [0, 0.05) is 18.5 Å². The number of hydrogen-bond acceptors (Lipinski definition) is 8. The summed E-state index contributed by atoms with van der Waals surface area (Å²) >= 11 is 0. The van der Waals surface area contributed by atoms with Gasteiger partial charge in [-0.3, -0.25) is 4.90 Å². The van der Waals surface area contributed by atoms with Crippen LogP contribution in [-0.2, 0) is 22.9 Å². The van der Waals surface area contributed by atoms with Crippen molar-refractivity contribution >= 4 is 26.6 Å². The van der Waals surface area contributed by atoms with Crippen LogP contribution in [0.25, 0.3) is 10.9 Å². The highest BCUT2D eigenvalue weighted by atomic mass is 32.2. The summed E-state index contributed by atoms with van der Waals surface area (Å²) in [4.78, 5) is 11.1. The van der Waals surface area contributed by atoms with E-state index in [1.165, 1.54) is 5.56 Å². The number of nitrogens with one attached hydrogen (secondary N) is 1. The van der Waals surface area contributed by atoms with E-state index in [0.29, 0.717) is 18.2 Å². The maximum Gasteiger partial charge on any atom is 0.154 e. The number of aryl methyl sites for hydroxylation is 1. The first-order valence-corrected chi connectivity index (χ1v) is 12.5. The maximum atomic E-state index is 12.0. The van der Waals surface area contributed by atoms with Crippen molar-refractivity contribution in [3.63, 3.8) is 0 Å². The number of aliphatic hydroxyl groups is 2. The molecule has 2 atom stereocenters. The smallest absolute Gasteiger partial charge is 0.154 e. The summed E-state index contributed by atoms with van der Waals surface area (Å²) in [5, 5.41) is 24.1. The van der Waals surface area contributed by atoms with Crippen LogP contribution in [0.2, 0.25) is 0 Å². The molecule has 1 fully saturated rings. The van der Waals surface area contributed by atoms with Gasteiger partial charge in [-0.25, -0.2) is 18.4 Å². The summed E-state index contributed by atoms with van der Waals surface area (Å²) in [7, 11) is -3.31. The van der Waals surface area contributed by atoms with Crippen LogP contribution >= 0.6 is 0 Å². The molecular weight excluding hydrogens is 428 g/mol. The van der Waals surface area contributed by atoms with Crippen LogP contribution in [-0.4, -0.2) is 70.3 Å². The van der Waals surface area contributed by atoms with Crippen LogP contribution < -0.4 is 5.32 Å². The summed E-state index contributed by atoms with van der Waals surface area (Å²) in [6, 6.07) is 15.4. The van der Waals surface area contributed by atoms with Gasteiger partial charge in [-0.15, -0.1) is 0 Å². The number of nitrogens with zero attached hydrogens (tertiary/aromatic N) is 3. The SMILES string of the molecule is Cc1ccc(CNc2nc(CN(CCO)C3CS(=O)(=O)CC3O)nc3ccccc23)cc1. The Morgan fingerprint density at radius 3 is 2.53 bits per heavy atom. The highest BCUT2D eigenvalue weighted by Gasteiger charge is 2.40. The monoisotopic (exact) mass is 456 g/mol. The molecule has 2 heterocycles. The number of anilines is 1. The Kier molecular flexibility index (Phi) is 6.71. The number of sulfone groups is 1. The Bertz CT molecular complexity index is 1180. The van der Waals surface area contributed by atoms with Crippen LogP contribution in [0.3, 0.4) is 0 Å². The zero-order valence-corrected chi connectivity index (χ0v) is 18.8. The van der Waals surface area contributed by atoms with Crippen LogP contribution in [0.1, 0.15) is 17.0 Å². The molecule has 170 valence electrons. The van der Waals surface area contributed by atoms with Crippen molar-refractivity contribution in [3.05, 3.63) is 65.5 Å². The molecule has 0 amide bonds. The van der Waals surface area contributed by atoms with E-state index in [0.717, 1.165) is 16.5 Å². The minimum Gasteiger partial charge on any atom is -0.395 e. The summed E-state index contributed by atoms with van der Waals surface area (Å²) in [6.07, 6.45) is -0.994. The Hall–Kier alpha value is -2.59. The predicted octanol–water partition coefficient (Wildman–Crippen LogP) is 1.50. The third-order valence-electron chi connectivity index (χ3n) is 5.72. The Labute approximate surface area is 187 Å². The molecule has 1 saturated heterocycles. The fraction of sp³-hybridized carbons (Fsp3) is 0.391. The summed E-state index contributed by atoms with van der Waals surface area (Å²) in [6.45, 7) is 2.93.